The van der Waals surface area contributed by atoms with Crippen LogP contribution < -0.4 is 10.6 Å². The van der Waals surface area contributed by atoms with E-state index in [0.29, 0.717) is 30.2 Å². The largest absolute Gasteiger partial charge is 0.481 e. The highest BCUT2D eigenvalue weighted by atomic mass is 16.5. The van der Waals surface area contributed by atoms with E-state index >= 15 is 0 Å². The first-order valence-corrected chi connectivity index (χ1v) is 24.8. The van der Waals surface area contributed by atoms with Crippen LogP contribution in [0.4, 0.5) is 0 Å². The summed E-state index contributed by atoms with van der Waals surface area (Å²) in [5.41, 5.74) is 0.993. The van der Waals surface area contributed by atoms with Gasteiger partial charge in [0.2, 0.25) is 5.91 Å². The van der Waals surface area contributed by atoms with E-state index in [4.69, 9.17) is 4.74 Å². The highest BCUT2D eigenvalue weighted by Crippen LogP contribution is 2.77. The molecule has 0 unspecified atom stereocenters. The SMILES string of the molecule is Cc1cn(-c2ccc(C(=O)NC(C)(C)C(=O)NC[C@H](O)[C@@]34CC[C@]5(C)[C@H](CC[C@@H]6[C@@]7(C)CC[C@H](OC(=O)[C@H]8C[C@@H](C(=O)O)C8(C)C)C(C)(C)[C@@H]7CC[C@]65C)C3=C(C(C)C)C(=O)C4)cc2)cn1. The van der Waals surface area contributed by atoms with Crippen LogP contribution in [-0.4, -0.2) is 73.6 Å². The number of benzene rings is 1. The monoisotopic (exact) mass is 909 g/mol. The molecular formula is C54H76N4O8. The number of imidazole rings is 1. The zero-order valence-corrected chi connectivity index (χ0v) is 41.6. The quantitative estimate of drug-likeness (QED) is 0.161. The molecule has 8 rings (SSSR count). The molecule has 12 nitrogen and oxygen atoms in total. The predicted molar refractivity (Wildman–Crippen MR) is 251 cm³/mol. The summed E-state index contributed by atoms with van der Waals surface area (Å²) < 4.78 is 8.30. The van der Waals surface area contributed by atoms with Crippen LogP contribution in [0.3, 0.4) is 0 Å². The zero-order chi connectivity index (χ0) is 48.3. The molecule has 0 saturated heterocycles. The normalized spacial score (nSPS) is 35.9. The first-order chi connectivity index (χ1) is 30.7. The average molecular weight is 909 g/mol. The number of carboxylic acid groups (broad SMARTS) is 1. The number of aromatic nitrogens is 2. The number of rotatable bonds is 11. The average Bonchev–Trinajstić information content (AvgIpc) is 3.81. The second kappa shape index (κ2) is 16.2. The Morgan fingerprint density at radius 3 is 2.17 bits per heavy atom. The Morgan fingerprint density at radius 2 is 1.56 bits per heavy atom. The summed E-state index contributed by atoms with van der Waals surface area (Å²) in [4.78, 5) is 71.4. The van der Waals surface area contributed by atoms with Crippen molar-refractivity contribution in [1.82, 2.24) is 20.2 Å². The van der Waals surface area contributed by atoms with Gasteiger partial charge in [0.05, 0.1) is 30.0 Å². The minimum absolute atomic E-state index is 0.00198. The number of Topliss-reactive ketones (excluding diaryl/α,β-unsaturated/α-hetero) is 1. The number of carbonyl (C=O) groups is 5. The number of fused-ring (bicyclic) bond motifs is 7. The lowest BCUT2D eigenvalue weighted by Gasteiger charge is -2.72. The van der Waals surface area contributed by atoms with Gasteiger partial charge in [0.1, 0.15) is 11.6 Å². The van der Waals surface area contributed by atoms with E-state index in [2.05, 4.69) is 64.1 Å². The predicted octanol–water partition coefficient (Wildman–Crippen LogP) is 8.81. The number of hydrogen-bond donors (Lipinski definition) is 4. The fraction of sp³-hybridized carbons (Fsp3) is 0.704. The van der Waals surface area contributed by atoms with Gasteiger partial charge in [-0.25, -0.2) is 4.98 Å². The molecule has 4 N–H and O–H groups in total. The number of ketones is 1. The van der Waals surface area contributed by atoms with Crippen LogP contribution in [0.2, 0.25) is 0 Å². The number of allylic oxidation sites excluding steroid dienone is 1. The molecule has 1 heterocycles. The minimum atomic E-state index is -1.29. The van der Waals surface area contributed by atoms with Gasteiger partial charge >= 0.3 is 11.9 Å². The van der Waals surface area contributed by atoms with Crippen molar-refractivity contribution in [2.75, 3.05) is 6.54 Å². The number of amides is 2. The van der Waals surface area contributed by atoms with Gasteiger partial charge in [-0.2, -0.15) is 0 Å². The molecule has 0 bridgehead atoms. The van der Waals surface area contributed by atoms with Gasteiger partial charge in [-0.05, 0) is 154 Å². The van der Waals surface area contributed by atoms with E-state index in [0.717, 1.165) is 67.5 Å². The molecular weight excluding hydrogens is 833 g/mol. The smallest absolute Gasteiger partial charge is 0.309 e. The van der Waals surface area contributed by atoms with Gasteiger partial charge in [0.15, 0.2) is 5.78 Å². The highest BCUT2D eigenvalue weighted by Gasteiger charge is 2.71. The lowest BCUT2D eigenvalue weighted by Crippen LogP contribution is -2.66. The highest BCUT2D eigenvalue weighted by molar-refractivity contribution is 6.01. The van der Waals surface area contributed by atoms with E-state index in [1.165, 1.54) is 0 Å². The van der Waals surface area contributed by atoms with E-state index in [1.807, 2.05) is 43.7 Å². The Labute approximate surface area is 391 Å². The van der Waals surface area contributed by atoms with E-state index in [-0.39, 0.29) is 70.2 Å². The third-order valence-corrected chi connectivity index (χ3v) is 19.8. The molecule has 5 saturated carbocycles. The van der Waals surface area contributed by atoms with Crippen LogP contribution in [0.25, 0.3) is 5.69 Å². The molecule has 0 spiro atoms. The Bertz CT molecular complexity index is 2340. The summed E-state index contributed by atoms with van der Waals surface area (Å²) in [5, 5.41) is 28.0. The molecule has 1 aromatic carbocycles. The third-order valence-electron chi connectivity index (χ3n) is 19.8. The van der Waals surface area contributed by atoms with Crippen molar-refractivity contribution in [2.45, 2.75) is 165 Å². The molecule has 0 radical (unpaired) electrons. The van der Waals surface area contributed by atoms with Crippen molar-refractivity contribution in [3.8, 4) is 5.69 Å². The Hall–Kier alpha value is -4.32. The number of aliphatic carboxylic acids is 1. The molecule has 360 valence electrons. The summed E-state index contributed by atoms with van der Waals surface area (Å²) in [7, 11) is 0. The molecule has 12 heteroatoms. The third kappa shape index (κ3) is 7.22. The molecule has 6 aliphatic carbocycles. The number of esters is 1. The molecule has 11 atom stereocenters. The topological polar surface area (TPSA) is 177 Å². The van der Waals surface area contributed by atoms with Gasteiger partial charge in [-0.15, -0.1) is 0 Å². The van der Waals surface area contributed by atoms with Gasteiger partial charge in [-0.1, -0.05) is 67.9 Å². The second-order valence-electron chi connectivity index (χ2n) is 24.4. The van der Waals surface area contributed by atoms with E-state index in [9.17, 15) is 34.2 Å². The summed E-state index contributed by atoms with van der Waals surface area (Å²) in [6.45, 7) is 25.2. The van der Waals surface area contributed by atoms with Gasteiger partial charge in [0, 0.05) is 41.2 Å². The second-order valence-corrected chi connectivity index (χ2v) is 24.4. The fourth-order valence-corrected chi connectivity index (χ4v) is 15.6. The van der Waals surface area contributed by atoms with Crippen LogP contribution in [-0.2, 0) is 23.9 Å². The maximum absolute atomic E-state index is 14.3. The molecule has 0 aliphatic heterocycles. The van der Waals surface area contributed by atoms with Crippen LogP contribution >= 0.6 is 0 Å². The Balaban J connectivity index is 0.975. The molecule has 6 aliphatic rings. The van der Waals surface area contributed by atoms with Crippen molar-refractivity contribution >= 4 is 29.5 Å². The molecule has 2 aromatic rings. The van der Waals surface area contributed by atoms with Crippen molar-refractivity contribution in [1.29, 1.82) is 0 Å². The maximum atomic E-state index is 14.3. The summed E-state index contributed by atoms with van der Waals surface area (Å²) in [6, 6.07) is 7.09. The number of aliphatic hydroxyl groups excluding tert-OH is 1. The lowest BCUT2D eigenvalue weighted by molar-refractivity contribution is -0.238. The number of ether oxygens (including phenoxy) is 1. The number of aryl methyl sites for hydroxylation is 1. The standard InChI is InChI=1S/C54H76N4O8/c1-30(2)42-37(59)26-54(40(60)27-55-47(65)50(8,9)57-44(61)32-13-15-33(16-14-32)58-28-31(3)56-29-58)24-23-52(11)34(43(42)54)17-18-39-51(10)21-20-41(49(6,7)38(51)19-22-53(39,52)12)66-46(64)36-25-35(45(62)63)48(36,4)5/h13-16,28-30,34-36,38-41,60H,17-27H2,1-12H3,(H,55,65)(H,57,61)(H,62,63)/t34-,35+,36-,38+,39-,40+,41+,51+,52-,53-,54+/m1/s1. The van der Waals surface area contributed by atoms with E-state index < -0.39 is 46.2 Å². The lowest BCUT2D eigenvalue weighted by atomic mass is 9.33. The number of nitrogens with zero attached hydrogens (tertiary/aromatic N) is 2. The number of nitrogens with one attached hydrogen (secondary N) is 2. The zero-order valence-electron chi connectivity index (χ0n) is 41.6. The van der Waals surface area contributed by atoms with Crippen LogP contribution in [0.15, 0.2) is 47.9 Å². The first kappa shape index (κ1) is 48.1. The van der Waals surface area contributed by atoms with Gasteiger partial charge in [-0.3, -0.25) is 24.0 Å². The van der Waals surface area contributed by atoms with Crippen molar-refractivity contribution in [3.05, 3.63) is 59.2 Å². The number of carboxylic acids is 1. The molecule has 1 aromatic heterocycles. The van der Waals surface area contributed by atoms with E-state index in [1.54, 1.807) is 32.3 Å². The number of carbonyl (C=O) groups excluding carboxylic acids is 4. The van der Waals surface area contributed by atoms with Crippen molar-refractivity contribution < 1.29 is 38.9 Å². The van der Waals surface area contributed by atoms with Gasteiger partial charge < -0.3 is 30.2 Å². The summed E-state index contributed by atoms with van der Waals surface area (Å²) in [5.74, 6) is -1.92. The molecule has 66 heavy (non-hydrogen) atoms. The molecule has 5 fully saturated rings. The maximum Gasteiger partial charge on any atom is 0.309 e. The molecule has 2 amide bonds. The van der Waals surface area contributed by atoms with Crippen LogP contribution in [0.5, 0.6) is 0 Å². The van der Waals surface area contributed by atoms with Crippen LogP contribution in [0, 0.1) is 74.9 Å². The van der Waals surface area contributed by atoms with Gasteiger partial charge in [0.25, 0.3) is 5.91 Å². The van der Waals surface area contributed by atoms with Crippen LogP contribution in [0.1, 0.15) is 156 Å². The summed E-state index contributed by atoms with van der Waals surface area (Å²) in [6.07, 6.45) is 10.1. The Morgan fingerprint density at radius 1 is 0.879 bits per heavy atom. The fourth-order valence-electron chi connectivity index (χ4n) is 15.6. The summed E-state index contributed by atoms with van der Waals surface area (Å²) >= 11 is 0. The minimum Gasteiger partial charge on any atom is -0.481 e. The first-order valence-electron chi connectivity index (χ1n) is 24.8. The number of hydrogen-bond acceptors (Lipinski definition) is 8. The Kier molecular flexibility index (Phi) is 11.8. The number of aliphatic hydroxyl groups is 1. The van der Waals surface area contributed by atoms with Crippen molar-refractivity contribution in [3.63, 3.8) is 0 Å². The van der Waals surface area contributed by atoms with Crippen molar-refractivity contribution in [2.24, 2.45) is 68.0 Å².